The Bertz CT molecular complexity index is 1240. The SMILES string of the molecule is COc1cc(NC(=O)[C@H](CCCNC(N)=O)NC(=O)[C@@H](NC(=O)CCCCCN2C(=O)C=CC2O)C(C)C)ccc1C(=O)O. The molecule has 15 nitrogen and oxygen atoms in total. The van der Waals surface area contributed by atoms with Crippen molar-refractivity contribution >= 4 is 41.3 Å². The summed E-state index contributed by atoms with van der Waals surface area (Å²) < 4.78 is 5.10. The van der Waals surface area contributed by atoms with E-state index in [9.17, 15) is 39.0 Å². The number of aliphatic hydroxyl groups excluding tert-OH is 1. The van der Waals surface area contributed by atoms with Gasteiger partial charge < -0.3 is 46.9 Å². The first kappa shape index (κ1) is 35.5. The van der Waals surface area contributed by atoms with Crippen molar-refractivity contribution in [2.45, 2.75) is 70.7 Å². The van der Waals surface area contributed by atoms with Gasteiger partial charge in [-0.25, -0.2) is 9.59 Å². The van der Waals surface area contributed by atoms with Gasteiger partial charge >= 0.3 is 12.0 Å². The highest BCUT2D eigenvalue weighted by Crippen LogP contribution is 2.23. The predicted molar refractivity (Wildman–Crippen MR) is 159 cm³/mol. The van der Waals surface area contributed by atoms with Crippen LogP contribution in [-0.2, 0) is 19.2 Å². The third kappa shape index (κ3) is 11.2. The Labute approximate surface area is 255 Å². The lowest BCUT2D eigenvalue weighted by Crippen LogP contribution is -2.54. The summed E-state index contributed by atoms with van der Waals surface area (Å²) in [6, 6.07) is 1.25. The number of nitrogens with one attached hydrogen (secondary N) is 4. The van der Waals surface area contributed by atoms with Gasteiger partial charge in [-0.3, -0.25) is 19.2 Å². The smallest absolute Gasteiger partial charge is 0.339 e. The van der Waals surface area contributed by atoms with E-state index in [1.54, 1.807) is 13.8 Å². The number of methoxy groups -OCH3 is 1. The molecule has 1 heterocycles. The van der Waals surface area contributed by atoms with E-state index < -0.39 is 42.1 Å². The second kappa shape index (κ2) is 17.5. The zero-order valence-corrected chi connectivity index (χ0v) is 25.1. The Hall–Kier alpha value is -4.66. The second-order valence-electron chi connectivity index (χ2n) is 10.6. The summed E-state index contributed by atoms with van der Waals surface area (Å²) in [5.74, 6) is -3.28. The number of unbranched alkanes of at least 4 members (excludes halogenated alkanes) is 2. The number of nitrogens with two attached hydrogens (primary N) is 1. The largest absolute Gasteiger partial charge is 0.496 e. The minimum Gasteiger partial charge on any atom is -0.496 e. The van der Waals surface area contributed by atoms with Gasteiger partial charge in [-0.2, -0.15) is 0 Å². The molecule has 0 aliphatic carbocycles. The van der Waals surface area contributed by atoms with E-state index in [4.69, 9.17) is 10.5 Å². The highest BCUT2D eigenvalue weighted by Gasteiger charge is 2.29. The van der Waals surface area contributed by atoms with Crippen molar-refractivity contribution in [1.82, 2.24) is 20.9 Å². The van der Waals surface area contributed by atoms with E-state index in [0.717, 1.165) is 0 Å². The third-order valence-electron chi connectivity index (χ3n) is 6.88. The number of primary amides is 1. The maximum Gasteiger partial charge on any atom is 0.339 e. The van der Waals surface area contributed by atoms with Crippen molar-refractivity contribution < 1.29 is 43.7 Å². The average Bonchev–Trinajstić information content (AvgIpc) is 3.28. The maximum atomic E-state index is 13.3. The number of rotatable bonds is 18. The molecule has 1 aliphatic rings. The summed E-state index contributed by atoms with van der Waals surface area (Å²) in [5.41, 5.74) is 5.24. The van der Waals surface area contributed by atoms with E-state index in [1.807, 2.05) is 0 Å². The van der Waals surface area contributed by atoms with Crippen molar-refractivity contribution in [3.05, 3.63) is 35.9 Å². The van der Waals surface area contributed by atoms with E-state index in [1.165, 1.54) is 42.4 Å². The van der Waals surface area contributed by atoms with Gasteiger partial charge in [0.05, 0.1) is 7.11 Å². The number of carbonyl (C=O) groups is 6. The molecule has 0 saturated carbocycles. The zero-order chi connectivity index (χ0) is 32.8. The monoisotopic (exact) mass is 618 g/mol. The number of carboxylic acid groups (broad SMARTS) is 1. The molecule has 44 heavy (non-hydrogen) atoms. The lowest BCUT2D eigenvalue weighted by atomic mass is 10.0. The summed E-state index contributed by atoms with van der Waals surface area (Å²) in [7, 11) is 1.29. The number of hydrogen-bond donors (Lipinski definition) is 7. The number of nitrogens with zero attached hydrogens (tertiary/aromatic N) is 1. The first-order chi connectivity index (χ1) is 20.8. The Morgan fingerprint density at radius 3 is 2.36 bits per heavy atom. The van der Waals surface area contributed by atoms with Crippen LogP contribution in [0.1, 0.15) is 62.7 Å². The summed E-state index contributed by atoms with van der Waals surface area (Å²) in [5, 5.41) is 29.5. The van der Waals surface area contributed by atoms with Crippen LogP contribution in [0.15, 0.2) is 30.4 Å². The first-order valence-electron chi connectivity index (χ1n) is 14.4. The van der Waals surface area contributed by atoms with E-state index in [0.29, 0.717) is 25.8 Å². The van der Waals surface area contributed by atoms with Crippen LogP contribution in [0.2, 0.25) is 0 Å². The van der Waals surface area contributed by atoms with Gasteiger partial charge in [0.1, 0.15) is 29.6 Å². The molecule has 242 valence electrons. The topological polar surface area (TPSA) is 229 Å². The van der Waals surface area contributed by atoms with Crippen LogP contribution < -0.4 is 31.7 Å². The maximum absolute atomic E-state index is 13.3. The number of benzene rings is 1. The zero-order valence-electron chi connectivity index (χ0n) is 25.1. The van der Waals surface area contributed by atoms with E-state index in [2.05, 4.69) is 21.3 Å². The third-order valence-corrected chi connectivity index (χ3v) is 6.88. The minimum atomic E-state index is -1.20. The minimum absolute atomic E-state index is 0.0308. The summed E-state index contributed by atoms with van der Waals surface area (Å²) >= 11 is 0. The van der Waals surface area contributed by atoms with Crippen LogP contribution in [0, 0.1) is 5.92 Å². The van der Waals surface area contributed by atoms with Gasteiger partial charge in [-0.15, -0.1) is 0 Å². The number of urea groups is 1. The Morgan fingerprint density at radius 2 is 1.77 bits per heavy atom. The molecule has 0 radical (unpaired) electrons. The van der Waals surface area contributed by atoms with Crippen LogP contribution in [0.25, 0.3) is 0 Å². The van der Waals surface area contributed by atoms with Gasteiger partial charge in [-0.1, -0.05) is 20.3 Å². The van der Waals surface area contributed by atoms with Crippen LogP contribution in [-0.4, -0.2) is 89.3 Å². The van der Waals surface area contributed by atoms with Crippen molar-refractivity contribution in [1.29, 1.82) is 0 Å². The molecule has 0 bridgehead atoms. The molecule has 6 amide bonds. The van der Waals surface area contributed by atoms with Crippen LogP contribution in [0.5, 0.6) is 5.75 Å². The molecule has 1 aromatic rings. The molecule has 0 aromatic heterocycles. The lowest BCUT2D eigenvalue weighted by Gasteiger charge is -2.25. The molecule has 8 N–H and O–H groups in total. The molecule has 2 rings (SSSR count). The number of amides is 6. The Kier molecular flexibility index (Phi) is 14.1. The molecular weight excluding hydrogens is 576 g/mol. The fraction of sp³-hybridized carbons (Fsp3) is 0.517. The molecule has 3 atom stereocenters. The summed E-state index contributed by atoms with van der Waals surface area (Å²) in [4.78, 5) is 74.6. The molecule has 1 unspecified atom stereocenters. The summed E-state index contributed by atoms with van der Waals surface area (Å²) in [6.45, 7) is 4.01. The number of carboxylic acids is 1. The van der Waals surface area contributed by atoms with Gasteiger partial charge in [-0.05, 0) is 49.8 Å². The second-order valence-corrected chi connectivity index (χ2v) is 10.6. The highest BCUT2D eigenvalue weighted by molar-refractivity contribution is 5.99. The molecule has 1 aromatic carbocycles. The normalized spacial score (nSPS) is 15.4. The molecule has 0 spiro atoms. The number of hydrogen-bond acceptors (Lipinski definition) is 8. The molecule has 1 aliphatic heterocycles. The molecule has 0 saturated heterocycles. The average molecular weight is 619 g/mol. The van der Waals surface area contributed by atoms with Crippen LogP contribution >= 0.6 is 0 Å². The predicted octanol–water partition coefficient (Wildman–Crippen LogP) is 0.683. The van der Waals surface area contributed by atoms with Crippen molar-refractivity contribution in [2.75, 3.05) is 25.5 Å². The Morgan fingerprint density at radius 1 is 1.05 bits per heavy atom. The van der Waals surface area contributed by atoms with Crippen LogP contribution in [0.3, 0.4) is 0 Å². The molecule has 15 heteroatoms. The number of ether oxygens (including phenoxy) is 1. The number of carbonyl (C=O) groups excluding carboxylic acids is 5. The van der Waals surface area contributed by atoms with Crippen LogP contribution in [0.4, 0.5) is 10.5 Å². The quantitative estimate of drug-likeness (QED) is 0.115. The number of anilines is 1. The highest BCUT2D eigenvalue weighted by atomic mass is 16.5. The number of aromatic carboxylic acids is 1. The molecular formula is C29H42N6O9. The van der Waals surface area contributed by atoms with E-state index >= 15 is 0 Å². The van der Waals surface area contributed by atoms with Gasteiger partial charge in [0.25, 0.3) is 0 Å². The Balaban J connectivity index is 1.99. The fourth-order valence-electron chi connectivity index (χ4n) is 4.49. The van der Waals surface area contributed by atoms with Crippen molar-refractivity contribution in [2.24, 2.45) is 11.7 Å². The number of aliphatic hydroxyl groups is 1. The van der Waals surface area contributed by atoms with Crippen molar-refractivity contribution in [3.63, 3.8) is 0 Å². The van der Waals surface area contributed by atoms with Gasteiger partial charge in [0.2, 0.25) is 23.6 Å². The molecule has 0 fully saturated rings. The summed E-state index contributed by atoms with van der Waals surface area (Å²) in [6.07, 6.45) is 4.07. The lowest BCUT2D eigenvalue weighted by molar-refractivity contribution is -0.132. The van der Waals surface area contributed by atoms with Crippen molar-refractivity contribution in [3.8, 4) is 5.75 Å². The standard InChI is InChI=1S/C29H42N6O9/c1-17(2)25(34-22(36)9-5-4-6-15-35-23(37)12-13-24(35)38)27(40)33-20(8-7-14-31-29(30)43)26(39)32-18-10-11-19(28(41)42)21(16-18)44-3/h10-13,16-17,20,23,25,37H,4-9,14-15H2,1-3H3,(H,32,39)(H,33,40)(H,34,36)(H,41,42)(H3,30,31,43)/t20-,23?,25-/m0/s1. The first-order valence-corrected chi connectivity index (χ1v) is 14.4. The fourth-order valence-corrected chi connectivity index (χ4v) is 4.49. The van der Waals surface area contributed by atoms with Gasteiger partial charge in [0.15, 0.2) is 0 Å². The van der Waals surface area contributed by atoms with E-state index in [-0.39, 0.29) is 60.5 Å². The van der Waals surface area contributed by atoms with Gasteiger partial charge in [0, 0.05) is 37.3 Å².